The highest BCUT2D eigenvalue weighted by molar-refractivity contribution is 5.76. The van der Waals surface area contributed by atoms with Crippen molar-refractivity contribution in [1.29, 1.82) is 0 Å². The minimum absolute atomic E-state index is 0.464. The van der Waals surface area contributed by atoms with Gasteiger partial charge in [0.1, 0.15) is 5.82 Å². The van der Waals surface area contributed by atoms with E-state index in [1.54, 1.807) is 0 Å². The van der Waals surface area contributed by atoms with Crippen molar-refractivity contribution in [3.05, 3.63) is 30.1 Å². The number of para-hydroxylation sites is 2. The molecule has 1 heterocycles. The van der Waals surface area contributed by atoms with Crippen molar-refractivity contribution in [1.82, 2.24) is 9.55 Å². The zero-order chi connectivity index (χ0) is 13.7. The first-order valence-corrected chi connectivity index (χ1v) is 7.40. The molecular weight excluding hydrogens is 234 g/mol. The van der Waals surface area contributed by atoms with Gasteiger partial charge in [0.2, 0.25) is 0 Å². The van der Waals surface area contributed by atoms with Crippen LogP contribution >= 0.6 is 0 Å². The molecule has 3 heteroatoms. The van der Waals surface area contributed by atoms with Gasteiger partial charge >= 0.3 is 0 Å². The highest BCUT2D eigenvalue weighted by atomic mass is 15.1. The van der Waals surface area contributed by atoms with Crippen molar-refractivity contribution in [3.8, 4) is 0 Å². The summed E-state index contributed by atoms with van der Waals surface area (Å²) in [6.07, 6.45) is 5.89. The lowest BCUT2D eigenvalue weighted by Crippen LogP contribution is -2.06. The predicted octanol–water partition coefficient (Wildman–Crippen LogP) is 3.68. The minimum Gasteiger partial charge on any atom is -0.330 e. The summed E-state index contributed by atoms with van der Waals surface area (Å²) < 4.78 is 2.37. The Kier molecular flexibility index (Phi) is 4.97. The molecule has 3 nitrogen and oxygen atoms in total. The van der Waals surface area contributed by atoms with E-state index in [0.717, 1.165) is 24.9 Å². The molecule has 0 saturated heterocycles. The Morgan fingerprint density at radius 1 is 1.11 bits per heavy atom. The van der Waals surface area contributed by atoms with Crippen LogP contribution < -0.4 is 5.73 Å². The number of nitrogens with zero attached hydrogens (tertiary/aromatic N) is 2. The van der Waals surface area contributed by atoms with Crippen LogP contribution in [0.3, 0.4) is 0 Å². The maximum absolute atomic E-state index is 5.52. The molecule has 2 aromatic rings. The lowest BCUT2D eigenvalue weighted by molar-refractivity contribution is 0.562. The number of nitrogens with two attached hydrogens (primary N) is 1. The van der Waals surface area contributed by atoms with Crippen LogP contribution in [-0.2, 0) is 6.42 Å². The van der Waals surface area contributed by atoms with Gasteiger partial charge in [-0.1, -0.05) is 25.0 Å². The zero-order valence-electron chi connectivity index (χ0n) is 12.1. The molecule has 0 saturated carbocycles. The molecule has 0 aliphatic carbocycles. The van der Waals surface area contributed by atoms with Crippen molar-refractivity contribution in [2.75, 3.05) is 6.54 Å². The molecular formula is C16H25N3. The van der Waals surface area contributed by atoms with Crippen LogP contribution in [0, 0.1) is 0 Å². The monoisotopic (exact) mass is 259 g/mol. The van der Waals surface area contributed by atoms with E-state index in [1.165, 1.54) is 30.6 Å². The van der Waals surface area contributed by atoms with Crippen molar-refractivity contribution < 1.29 is 0 Å². The normalized spacial score (nSPS) is 11.6. The molecule has 19 heavy (non-hydrogen) atoms. The summed E-state index contributed by atoms with van der Waals surface area (Å²) in [5, 5.41) is 0. The maximum Gasteiger partial charge on any atom is 0.110 e. The Bertz CT molecular complexity index is 514. The molecule has 2 N–H and O–H groups in total. The standard InChI is InChI=1S/C16H25N3/c1-13(2)19-15-10-7-6-9-14(15)18-16(19)11-5-3-4-8-12-17/h6-7,9-10,13H,3-5,8,11-12,17H2,1-2H3. The third kappa shape index (κ3) is 3.35. The number of aromatic nitrogens is 2. The largest absolute Gasteiger partial charge is 0.330 e. The van der Waals surface area contributed by atoms with Gasteiger partial charge in [0.05, 0.1) is 11.0 Å². The van der Waals surface area contributed by atoms with Gasteiger partial charge in [0.15, 0.2) is 0 Å². The first-order valence-electron chi connectivity index (χ1n) is 7.40. The molecule has 0 amide bonds. The van der Waals surface area contributed by atoms with E-state index < -0.39 is 0 Å². The van der Waals surface area contributed by atoms with E-state index in [2.05, 4.69) is 42.7 Å². The molecule has 0 unspecified atom stereocenters. The third-order valence-electron chi connectivity index (χ3n) is 3.54. The Balaban J connectivity index is 2.11. The topological polar surface area (TPSA) is 43.8 Å². The van der Waals surface area contributed by atoms with Crippen LogP contribution in [0.1, 0.15) is 51.4 Å². The van der Waals surface area contributed by atoms with E-state index in [0.29, 0.717) is 6.04 Å². The summed E-state index contributed by atoms with van der Waals surface area (Å²) in [4.78, 5) is 4.79. The van der Waals surface area contributed by atoms with E-state index in [-0.39, 0.29) is 0 Å². The quantitative estimate of drug-likeness (QED) is 0.771. The molecule has 1 aromatic carbocycles. The summed E-state index contributed by atoms with van der Waals surface area (Å²) >= 11 is 0. The van der Waals surface area contributed by atoms with Crippen LogP contribution in [0.2, 0.25) is 0 Å². The summed E-state index contributed by atoms with van der Waals surface area (Å²) in [5.74, 6) is 1.23. The zero-order valence-corrected chi connectivity index (χ0v) is 12.1. The molecule has 2 rings (SSSR count). The maximum atomic E-state index is 5.52. The van der Waals surface area contributed by atoms with Crippen LogP contribution in [0.25, 0.3) is 11.0 Å². The summed E-state index contributed by atoms with van der Waals surface area (Å²) in [6.45, 7) is 5.27. The van der Waals surface area contributed by atoms with Gasteiger partial charge in [-0.05, 0) is 45.4 Å². The van der Waals surface area contributed by atoms with Crippen molar-refractivity contribution in [2.45, 2.75) is 52.0 Å². The summed E-state index contributed by atoms with van der Waals surface area (Å²) in [5.41, 5.74) is 7.90. The first kappa shape index (κ1) is 14.1. The second-order valence-electron chi connectivity index (χ2n) is 5.43. The Morgan fingerprint density at radius 2 is 1.84 bits per heavy atom. The third-order valence-corrected chi connectivity index (χ3v) is 3.54. The highest BCUT2D eigenvalue weighted by Crippen LogP contribution is 2.22. The van der Waals surface area contributed by atoms with E-state index >= 15 is 0 Å². The lowest BCUT2D eigenvalue weighted by atomic mass is 10.1. The highest BCUT2D eigenvalue weighted by Gasteiger charge is 2.12. The number of aryl methyl sites for hydroxylation is 1. The van der Waals surface area contributed by atoms with Gasteiger partial charge in [-0.3, -0.25) is 0 Å². The van der Waals surface area contributed by atoms with Crippen molar-refractivity contribution in [3.63, 3.8) is 0 Å². The lowest BCUT2D eigenvalue weighted by Gasteiger charge is -2.12. The van der Waals surface area contributed by atoms with Gasteiger partial charge in [-0.15, -0.1) is 0 Å². The van der Waals surface area contributed by atoms with E-state index in [4.69, 9.17) is 10.7 Å². The summed E-state index contributed by atoms with van der Waals surface area (Å²) in [7, 11) is 0. The first-order chi connectivity index (χ1) is 9.24. The fraction of sp³-hybridized carbons (Fsp3) is 0.562. The Hall–Kier alpha value is -1.35. The fourth-order valence-electron chi connectivity index (χ4n) is 2.63. The molecule has 0 bridgehead atoms. The predicted molar refractivity (Wildman–Crippen MR) is 81.3 cm³/mol. The number of benzene rings is 1. The number of hydrogen-bond donors (Lipinski definition) is 1. The van der Waals surface area contributed by atoms with E-state index in [9.17, 15) is 0 Å². The number of imidazole rings is 1. The van der Waals surface area contributed by atoms with Crippen molar-refractivity contribution in [2.24, 2.45) is 5.73 Å². The van der Waals surface area contributed by atoms with Crippen LogP contribution in [0.5, 0.6) is 0 Å². The smallest absolute Gasteiger partial charge is 0.110 e. The van der Waals surface area contributed by atoms with Gasteiger partial charge in [0, 0.05) is 12.5 Å². The average molecular weight is 259 g/mol. The molecule has 0 atom stereocenters. The van der Waals surface area contributed by atoms with Crippen LogP contribution in [0.15, 0.2) is 24.3 Å². The molecule has 0 spiro atoms. The molecule has 1 aromatic heterocycles. The van der Waals surface area contributed by atoms with Crippen LogP contribution in [0.4, 0.5) is 0 Å². The number of rotatable bonds is 7. The second kappa shape index (κ2) is 6.71. The number of fused-ring (bicyclic) bond motifs is 1. The number of unbranched alkanes of at least 4 members (excludes halogenated alkanes) is 3. The van der Waals surface area contributed by atoms with Gasteiger partial charge < -0.3 is 10.3 Å². The van der Waals surface area contributed by atoms with Crippen molar-refractivity contribution >= 4 is 11.0 Å². The van der Waals surface area contributed by atoms with Gasteiger partial charge in [-0.25, -0.2) is 4.98 Å². The van der Waals surface area contributed by atoms with E-state index in [1.807, 2.05) is 0 Å². The minimum atomic E-state index is 0.464. The Labute approximate surface area is 115 Å². The molecule has 0 aliphatic heterocycles. The summed E-state index contributed by atoms with van der Waals surface area (Å²) in [6, 6.07) is 8.89. The van der Waals surface area contributed by atoms with Crippen LogP contribution in [-0.4, -0.2) is 16.1 Å². The van der Waals surface area contributed by atoms with Gasteiger partial charge in [-0.2, -0.15) is 0 Å². The molecule has 0 aliphatic rings. The molecule has 0 fully saturated rings. The Morgan fingerprint density at radius 3 is 2.58 bits per heavy atom. The SMILES string of the molecule is CC(C)n1c(CCCCCCN)nc2ccccc21. The molecule has 104 valence electrons. The molecule has 0 radical (unpaired) electrons. The number of hydrogen-bond acceptors (Lipinski definition) is 2. The van der Waals surface area contributed by atoms with Gasteiger partial charge in [0.25, 0.3) is 0 Å². The average Bonchev–Trinajstić information content (AvgIpc) is 2.76. The second-order valence-corrected chi connectivity index (χ2v) is 5.43. The fourth-order valence-corrected chi connectivity index (χ4v) is 2.63.